The first-order chi connectivity index (χ1) is 29.9. The summed E-state index contributed by atoms with van der Waals surface area (Å²) in [5.41, 5.74) is 6.08. The van der Waals surface area contributed by atoms with Crippen LogP contribution in [0.4, 0.5) is 4.79 Å². The largest absolute Gasteiger partial charge is 0.445 e. The number of rotatable bonds is 11. The number of nitrogens with one attached hydrogen (secondary N) is 1. The number of carbonyl (C=O) groups is 5. The fourth-order valence-corrected chi connectivity index (χ4v) is 8.95. The molecular weight excluding hydrogens is 840 g/mol. The van der Waals surface area contributed by atoms with E-state index in [1.807, 2.05) is 44.2 Å². The molecular formula is C44H66N4O16. The number of alkyl carbamates (subject to hydrolysis) is 1. The normalized spacial score (nSPS) is 33.4. The second-order valence-electron chi connectivity index (χ2n) is 19.3. The van der Waals surface area contributed by atoms with E-state index in [1.165, 1.54) is 9.80 Å². The molecule has 1 aromatic carbocycles. The number of aliphatic hydroxyl groups is 4. The van der Waals surface area contributed by atoms with Gasteiger partial charge < -0.3 is 74.4 Å². The summed E-state index contributed by atoms with van der Waals surface area (Å²) in [6.45, 7) is 11.8. The zero-order valence-corrected chi connectivity index (χ0v) is 37.6. The van der Waals surface area contributed by atoms with E-state index in [0.29, 0.717) is 51.9 Å². The molecule has 0 aromatic heterocycles. The lowest BCUT2D eigenvalue weighted by Crippen LogP contribution is -2.59. The number of hydrogen-bond donors (Lipinski definition) is 6. The van der Waals surface area contributed by atoms with Crippen LogP contribution in [0.5, 0.6) is 0 Å². The zero-order valence-electron chi connectivity index (χ0n) is 37.6. The Labute approximate surface area is 372 Å². The van der Waals surface area contributed by atoms with Crippen molar-refractivity contribution in [2.45, 2.75) is 170 Å². The van der Waals surface area contributed by atoms with Gasteiger partial charge in [0.15, 0.2) is 11.6 Å². The van der Waals surface area contributed by atoms with Crippen molar-refractivity contribution in [1.82, 2.24) is 15.1 Å². The minimum atomic E-state index is -1.43. The molecule has 358 valence electrons. The van der Waals surface area contributed by atoms with Gasteiger partial charge in [0.1, 0.15) is 43.2 Å². The number of fused-ring (bicyclic) bond motifs is 2. The van der Waals surface area contributed by atoms with Gasteiger partial charge >= 0.3 is 6.09 Å². The van der Waals surface area contributed by atoms with Crippen LogP contribution in [-0.2, 0) is 58.9 Å². The Bertz CT molecular complexity index is 1850. The van der Waals surface area contributed by atoms with Crippen molar-refractivity contribution < 1.29 is 77.6 Å². The minimum absolute atomic E-state index is 0.00415. The Hall–Kier alpha value is -3.67. The number of benzene rings is 1. The molecule has 0 bridgehead atoms. The molecule has 3 amide bonds. The fourth-order valence-electron chi connectivity index (χ4n) is 8.95. The summed E-state index contributed by atoms with van der Waals surface area (Å²) in [4.78, 5) is 65.9. The van der Waals surface area contributed by atoms with E-state index in [9.17, 15) is 44.4 Å². The first-order valence-corrected chi connectivity index (χ1v) is 22.0. The highest BCUT2D eigenvalue weighted by Gasteiger charge is 2.62. The van der Waals surface area contributed by atoms with Gasteiger partial charge in [-0.05, 0) is 72.8 Å². The molecule has 6 fully saturated rings. The molecule has 6 heterocycles. The second-order valence-corrected chi connectivity index (χ2v) is 19.3. The maximum absolute atomic E-state index is 12.9. The molecule has 0 radical (unpaired) electrons. The van der Waals surface area contributed by atoms with E-state index in [1.54, 1.807) is 27.7 Å². The van der Waals surface area contributed by atoms with Gasteiger partial charge in [-0.3, -0.25) is 19.2 Å². The number of nitrogens with zero attached hydrogens (tertiary/aromatic N) is 2. The second kappa shape index (κ2) is 19.3. The number of ether oxygens (including phenoxy) is 7. The Morgan fingerprint density at radius 2 is 1.11 bits per heavy atom. The summed E-state index contributed by atoms with van der Waals surface area (Å²) in [7, 11) is 0. The van der Waals surface area contributed by atoms with Crippen molar-refractivity contribution in [3.8, 4) is 0 Å². The number of carbonyl (C=O) groups excluding carboxylic acids is 5. The van der Waals surface area contributed by atoms with Gasteiger partial charge in [-0.25, -0.2) is 4.79 Å². The van der Waals surface area contributed by atoms with Gasteiger partial charge in [0.2, 0.25) is 23.1 Å². The fraction of sp³-hybridized carbons (Fsp3) is 0.750. The molecule has 20 nitrogen and oxygen atoms in total. The summed E-state index contributed by atoms with van der Waals surface area (Å²) in [5, 5.41) is 43.3. The SMILES string of the molecule is CC1(N)CCN(C(=O)C(=O)CC[C@@]23OC[C@@H](O)[C@@H](O)[C@@H]2OC(C)(C)O3)CC1.CC1(NC(=O)OCc2ccccc2)CCN(C(=O)C(=O)CC[C@@]23OC[C@@H](O)[C@@H](O)[C@@H]2OC(C)(C)O3)CC1. The number of amides is 3. The average Bonchev–Trinajstić information content (AvgIpc) is 3.70. The molecule has 20 heteroatoms. The molecule has 0 saturated carbocycles. The maximum atomic E-state index is 12.9. The minimum Gasteiger partial charge on any atom is -0.445 e. The third-order valence-electron chi connectivity index (χ3n) is 12.8. The van der Waals surface area contributed by atoms with Crippen LogP contribution in [0.2, 0.25) is 0 Å². The van der Waals surface area contributed by atoms with Crippen LogP contribution >= 0.6 is 0 Å². The Morgan fingerprint density at radius 3 is 1.55 bits per heavy atom. The Kier molecular flexibility index (Phi) is 15.0. The molecule has 7 N–H and O–H groups in total. The van der Waals surface area contributed by atoms with E-state index in [2.05, 4.69) is 5.32 Å². The quantitative estimate of drug-likeness (QED) is 0.165. The summed E-state index contributed by atoms with van der Waals surface area (Å²) in [5.74, 6) is -7.22. The van der Waals surface area contributed by atoms with Crippen LogP contribution in [0.15, 0.2) is 30.3 Å². The maximum Gasteiger partial charge on any atom is 0.407 e. The zero-order chi connectivity index (χ0) is 46.9. The standard InChI is InChI=1S/C26H36N2O9.C18H30N2O7/c1-24(2)36-21-20(31)19(30)16-35-26(21,37-24)10-9-18(29)22(32)28-13-11-25(3,12-14-28)27-23(33)34-15-17-7-5-4-6-8-17;1-16(2)26-14-13(23)12(22)10-25-18(14,27-16)5-4-11(21)15(24)20-8-6-17(3,19)7-9-20/h4-8,19-21,30-31H,9-16H2,1-3H3,(H,27,33);12-14,22-23H,4-10,19H2,1-3H3/t19-,20-,21+,26+;12-,13-,14+,18+/m11/s1. The molecule has 1 aromatic rings. The van der Waals surface area contributed by atoms with Crippen LogP contribution in [0.25, 0.3) is 0 Å². The molecule has 0 spiro atoms. The number of Topliss-reactive ketones (excluding diaryl/α,β-unsaturated/α-hetero) is 2. The average molecular weight is 907 g/mol. The summed E-state index contributed by atoms with van der Waals surface area (Å²) in [6.07, 6.45) is -5.13. The number of likely N-dealkylation sites (tertiary alicyclic amines) is 2. The molecule has 6 aliphatic rings. The topological polar surface area (TPSA) is 275 Å². The van der Waals surface area contributed by atoms with Crippen molar-refractivity contribution in [2.75, 3.05) is 39.4 Å². The Morgan fingerprint density at radius 1 is 0.688 bits per heavy atom. The number of piperidine rings is 2. The van der Waals surface area contributed by atoms with Gasteiger partial charge in [-0.15, -0.1) is 0 Å². The highest BCUT2D eigenvalue weighted by atomic mass is 16.9. The van der Waals surface area contributed by atoms with Crippen molar-refractivity contribution in [3.05, 3.63) is 35.9 Å². The van der Waals surface area contributed by atoms with E-state index < -0.39 is 94.8 Å². The van der Waals surface area contributed by atoms with Crippen LogP contribution < -0.4 is 11.1 Å². The number of nitrogens with two attached hydrogens (primary N) is 1. The van der Waals surface area contributed by atoms with Gasteiger partial charge in [0.25, 0.3) is 11.8 Å². The monoisotopic (exact) mass is 906 g/mol. The lowest BCUT2D eigenvalue weighted by molar-refractivity contribution is -0.295. The Balaban J connectivity index is 0.000000223. The van der Waals surface area contributed by atoms with Gasteiger partial charge in [0, 0.05) is 62.9 Å². The molecule has 7 rings (SSSR count). The van der Waals surface area contributed by atoms with E-state index in [-0.39, 0.29) is 51.0 Å². The number of ketones is 2. The van der Waals surface area contributed by atoms with Crippen molar-refractivity contribution in [3.63, 3.8) is 0 Å². The first-order valence-electron chi connectivity index (χ1n) is 22.0. The highest BCUT2D eigenvalue weighted by molar-refractivity contribution is 6.36. The van der Waals surface area contributed by atoms with Crippen molar-refractivity contribution in [2.24, 2.45) is 5.73 Å². The lowest BCUT2D eigenvalue weighted by Gasteiger charge is -2.41. The number of aliphatic hydroxyl groups excluding tert-OH is 4. The third-order valence-corrected chi connectivity index (χ3v) is 12.8. The molecule has 64 heavy (non-hydrogen) atoms. The predicted molar refractivity (Wildman–Crippen MR) is 222 cm³/mol. The van der Waals surface area contributed by atoms with Gasteiger partial charge in [0.05, 0.1) is 13.2 Å². The smallest absolute Gasteiger partial charge is 0.407 e. The highest BCUT2D eigenvalue weighted by Crippen LogP contribution is 2.46. The molecule has 0 unspecified atom stereocenters. The predicted octanol–water partition coefficient (Wildman–Crippen LogP) is 0.518. The van der Waals surface area contributed by atoms with Crippen molar-refractivity contribution >= 4 is 29.5 Å². The summed E-state index contributed by atoms with van der Waals surface area (Å²) < 4.78 is 39.9. The van der Waals surface area contributed by atoms with E-state index in [4.69, 9.17) is 38.9 Å². The summed E-state index contributed by atoms with van der Waals surface area (Å²) in [6, 6.07) is 9.37. The van der Waals surface area contributed by atoms with Crippen LogP contribution in [0.1, 0.15) is 98.5 Å². The molecule has 8 atom stereocenters. The third kappa shape index (κ3) is 11.6. The van der Waals surface area contributed by atoms with E-state index in [0.717, 1.165) is 5.56 Å². The number of hydrogen-bond acceptors (Lipinski definition) is 17. The summed E-state index contributed by atoms with van der Waals surface area (Å²) >= 11 is 0. The molecule has 0 aliphatic carbocycles. The first kappa shape index (κ1) is 49.8. The lowest BCUT2D eigenvalue weighted by atomic mass is 9.89. The van der Waals surface area contributed by atoms with Crippen LogP contribution in [0.3, 0.4) is 0 Å². The van der Waals surface area contributed by atoms with E-state index >= 15 is 0 Å². The van der Waals surface area contributed by atoms with Crippen LogP contribution in [-0.4, -0.2) is 170 Å². The molecule has 6 aliphatic heterocycles. The van der Waals surface area contributed by atoms with Gasteiger partial charge in [-0.2, -0.15) is 0 Å². The van der Waals surface area contributed by atoms with Gasteiger partial charge in [-0.1, -0.05) is 30.3 Å². The molecule has 6 saturated heterocycles. The van der Waals surface area contributed by atoms with Crippen molar-refractivity contribution in [1.29, 1.82) is 0 Å². The van der Waals surface area contributed by atoms with Crippen LogP contribution in [0, 0.1) is 0 Å².